The molecule has 2 aromatic rings. The van der Waals surface area contributed by atoms with E-state index in [-0.39, 0.29) is 6.03 Å². The van der Waals surface area contributed by atoms with Crippen LogP contribution in [0.5, 0.6) is 11.5 Å². The Morgan fingerprint density at radius 3 is 2.92 bits per heavy atom. The first kappa shape index (κ1) is 18.3. The van der Waals surface area contributed by atoms with E-state index in [1.54, 1.807) is 37.7 Å². The quantitative estimate of drug-likeness (QED) is 0.855. The lowest BCUT2D eigenvalue weighted by atomic mass is 9.99. The highest BCUT2D eigenvalue weighted by Crippen LogP contribution is 2.28. The number of piperidine rings is 1. The first-order chi connectivity index (χ1) is 12.7. The summed E-state index contributed by atoms with van der Waals surface area (Å²) in [6, 6.07) is 8.66. The maximum absolute atomic E-state index is 12.6. The molecule has 1 saturated heterocycles. The number of amides is 2. The molecule has 0 aliphatic carbocycles. The Morgan fingerprint density at radius 1 is 1.35 bits per heavy atom. The van der Waals surface area contributed by atoms with E-state index in [0.29, 0.717) is 35.5 Å². The second kappa shape index (κ2) is 8.76. The van der Waals surface area contributed by atoms with Gasteiger partial charge in [-0.05, 0) is 43.2 Å². The number of halogens is 1. The van der Waals surface area contributed by atoms with Gasteiger partial charge in [-0.1, -0.05) is 11.6 Å². The first-order valence-corrected chi connectivity index (χ1v) is 8.96. The number of hydrogen-bond acceptors (Lipinski definition) is 4. The van der Waals surface area contributed by atoms with E-state index in [1.165, 1.54) is 0 Å². The monoisotopic (exact) mass is 375 g/mol. The van der Waals surface area contributed by atoms with Crippen molar-refractivity contribution in [1.29, 1.82) is 0 Å². The number of aromatic nitrogens is 1. The van der Waals surface area contributed by atoms with E-state index in [0.717, 1.165) is 25.1 Å². The fourth-order valence-corrected chi connectivity index (χ4v) is 3.18. The molecule has 2 amide bonds. The lowest BCUT2D eigenvalue weighted by molar-refractivity contribution is 0.145. The van der Waals surface area contributed by atoms with Crippen LogP contribution in [0.15, 0.2) is 42.7 Å². The molecular weight excluding hydrogens is 354 g/mol. The molecule has 138 valence electrons. The van der Waals surface area contributed by atoms with E-state index in [2.05, 4.69) is 10.3 Å². The summed E-state index contributed by atoms with van der Waals surface area (Å²) in [6.45, 7) is 1.95. The molecule has 1 N–H and O–H groups in total. The molecule has 0 saturated carbocycles. The first-order valence-electron chi connectivity index (χ1n) is 8.58. The molecule has 1 aliphatic heterocycles. The van der Waals surface area contributed by atoms with Gasteiger partial charge >= 0.3 is 6.03 Å². The van der Waals surface area contributed by atoms with Gasteiger partial charge in [-0.15, -0.1) is 0 Å². The van der Waals surface area contributed by atoms with Gasteiger partial charge in [-0.3, -0.25) is 4.98 Å². The van der Waals surface area contributed by atoms with Gasteiger partial charge in [0.25, 0.3) is 0 Å². The molecule has 7 heteroatoms. The molecule has 6 nitrogen and oxygen atoms in total. The van der Waals surface area contributed by atoms with Crippen molar-refractivity contribution in [3.8, 4) is 11.5 Å². The average molecular weight is 376 g/mol. The van der Waals surface area contributed by atoms with Crippen molar-refractivity contribution < 1.29 is 14.3 Å². The van der Waals surface area contributed by atoms with Crippen LogP contribution in [0.3, 0.4) is 0 Å². The number of pyridine rings is 1. The van der Waals surface area contributed by atoms with E-state index in [9.17, 15) is 4.79 Å². The molecule has 0 spiro atoms. The van der Waals surface area contributed by atoms with Crippen molar-refractivity contribution in [3.05, 3.63) is 47.7 Å². The van der Waals surface area contributed by atoms with Crippen LogP contribution in [0.1, 0.15) is 12.8 Å². The van der Waals surface area contributed by atoms with Crippen LogP contribution in [0.2, 0.25) is 5.02 Å². The smallest absolute Gasteiger partial charge is 0.321 e. The summed E-state index contributed by atoms with van der Waals surface area (Å²) in [4.78, 5) is 18.4. The number of nitrogens with zero attached hydrogens (tertiary/aromatic N) is 2. The Labute approximate surface area is 158 Å². The maximum Gasteiger partial charge on any atom is 0.321 e. The van der Waals surface area contributed by atoms with Crippen LogP contribution in [-0.2, 0) is 0 Å². The third-order valence-corrected chi connectivity index (χ3v) is 4.58. The highest BCUT2D eigenvalue weighted by molar-refractivity contribution is 6.31. The minimum absolute atomic E-state index is 0.154. The zero-order valence-electron chi connectivity index (χ0n) is 14.7. The van der Waals surface area contributed by atoms with Crippen molar-refractivity contribution in [2.75, 3.05) is 32.1 Å². The van der Waals surface area contributed by atoms with Crippen LogP contribution in [0, 0.1) is 5.92 Å². The largest absolute Gasteiger partial charge is 0.495 e. The normalized spacial score (nSPS) is 16.8. The molecule has 1 aliphatic rings. The average Bonchev–Trinajstić information content (AvgIpc) is 2.67. The highest BCUT2D eigenvalue weighted by Gasteiger charge is 2.24. The van der Waals surface area contributed by atoms with Crippen LogP contribution >= 0.6 is 11.6 Å². The van der Waals surface area contributed by atoms with Crippen molar-refractivity contribution >= 4 is 23.3 Å². The lowest BCUT2D eigenvalue weighted by Gasteiger charge is -2.32. The van der Waals surface area contributed by atoms with Crippen LogP contribution in [0.25, 0.3) is 0 Å². The zero-order valence-corrected chi connectivity index (χ0v) is 15.4. The summed E-state index contributed by atoms with van der Waals surface area (Å²) in [5, 5.41) is 3.44. The fraction of sp³-hybridized carbons (Fsp3) is 0.368. The topological polar surface area (TPSA) is 63.7 Å². The molecular formula is C19H22ClN3O3. The minimum atomic E-state index is -0.154. The SMILES string of the molecule is COc1ccc(Cl)cc1NC(=O)N1CCCC(COc2ccncc2)C1. The van der Waals surface area contributed by atoms with Gasteiger partial charge in [0.1, 0.15) is 11.5 Å². The third kappa shape index (κ3) is 4.79. The molecule has 0 bridgehead atoms. The molecule has 1 aromatic heterocycles. The molecule has 1 fully saturated rings. The fourth-order valence-electron chi connectivity index (χ4n) is 3.01. The third-order valence-electron chi connectivity index (χ3n) is 4.34. The molecule has 0 radical (unpaired) electrons. The summed E-state index contributed by atoms with van der Waals surface area (Å²) in [6.07, 6.45) is 5.39. The van der Waals surface area contributed by atoms with Crippen molar-refractivity contribution in [3.63, 3.8) is 0 Å². The van der Waals surface area contributed by atoms with E-state index < -0.39 is 0 Å². The Hall–Kier alpha value is -2.47. The van der Waals surface area contributed by atoms with E-state index >= 15 is 0 Å². The highest BCUT2D eigenvalue weighted by atomic mass is 35.5. The second-order valence-electron chi connectivity index (χ2n) is 6.22. The van der Waals surface area contributed by atoms with Gasteiger partial charge < -0.3 is 19.7 Å². The second-order valence-corrected chi connectivity index (χ2v) is 6.66. The van der Waals surface area contributed by atoms with Gasteiger partial charge in [0, 0.05) is 36.4 Å². The van der Waals surface area contributed by atoms with Crippen molar-refractivity contribution in [1.82, 2.24) is 9.88 Å². The van der Waals surface area contributed by atoms with Crippen LogP contribution < -0.4 is 14.8 Å². The number of urea groups is 1. The van der Waals surface area contributed by atoms with Crippen LogP contribution in [0.4, 0.5) is 10.5 Å². The zero-order chi connectivity index (χ0) is 18.4. The summed E-state index contributed by atoms with van der Waals surface area (Å²) in [7, 11) is 1.56. The Balaban J connectivity index is 1.57. The van der Waals surface area contributed by atoms with Gasteiger partial charge in [0.15, 0.2) is 0 Å². The van der Waals surface area contributed by atoms with Gasteiger partial charge in [-0.25, -0.2) is 4.79 Å². The molecule has 1 aromatic carbocycles. The van der Waals surface area contributed by atoms with E-state index in [4.69, 9.17) is 21.1 Å². The molecule has 1 unspecified atom stereocenters. The number of rotatable bonds is 5. The predicted octanol–water partition coefficient (Wildman–Crippen LogP) is 4.07. The standard InChI is InChI=1S/C19H22ClN3O3/c1-25-18-5-4-15(20)11-17(18)22-19(24)23-10-2-3-14(12-23)13-26-16-6-8-21-9-7-16/h4-9,11,14H,2-3,10,12-13H2,1H3,(H,22,24). The van der Waals surface area contributed by atoms with Gasteiger partial charge in [0.2, 0.25) is 0 Å². The van der Waals surface area contributed by atoms with Gasteiger partial charge in [0.05, 0.1) is 19.4 Å². The summed E-state index contributed by atoms with van der Waals surface area (Å²) >= 11 is 6.02. The number of benzene rings is 1. The molecule has 26 heavy (non-hydrogen) atoms. The Bertz CT molecular complexity index is 742. The Kier molecular flexibility index (Phi) is 6.17. The summed E-state index contributed by atoms with van der Waals surface area (Å²) in [5.41, 5.74) is 0.570. The number of anilines is 1. The summed E-state index contributed by atoms with van der Waals surface area (Å²) < 4.78 is 11.1. The number of carbonyl (C=O) groups is 1. The van der Waals surface area contributed by atoms with Crippen LogP contribution in [-0.4, -0.2) is 42.7 Å². The number of methoxy groups -OCH3 is 1. The number of nitrogens with one attached hydrogen (secondary N) is 1. The molecule has 3 rings (SSSR count). The van der Waals surface area contributed by atoms with Crippen molar-refractivity contribution in [2.45, 2.75) is 12.8 Å². The number of carbonyl (C=O) groups excluding carboxylic acids is 1. The van der Waals surface area contributed by atoms with E-state index in [1.807, 2.05) is 17.0 Å². The molecule has 2 heterocycles. The lowest BCUT2D eigenvalue weighted by Crippen LogP contribution is -2.43. The number of hydrogen-bond donors (Lipinski definition) is 1. The van der Waals surface area contributed by atoms with Gasteiger partial charge in [-0.2, -0.15) is 0 Å². The summed E-state index contributed by atoms with van der Waals surface area (Å²) in [5.74, 6) is 1.67. The predicted molar refractivity (Wildman–Crippen MR) is 101 cm³/mol. The van der Waals surface area contributed by atoms with Crippen molar-refractivity contribution in [2.24, 2.45) is 5.92 Å². The maximum atomic E-state index is 12.6. The molecule has 1 atom stereocenters. The number of likely N-dealkylation sites (tertiary alicyclic amines) is 1. The Morgan fingerprint density at radius 2 is 2.15 bits per heavy atom. The number of ether oxygens (including phenoxy) is 2. The minimum Gasteiger partial charge on any atom is -0.495 e.